The van der Waals surface area contributed by atoms with Gasteiger partial charge in [-0.2, -0.15) is 0 Å². The molecule has 4 heteroatoms. The summed E-state index contributed by atoms with van der Waals surface area (Å²) in [5.74, 6) is 0. The highest BCUT2D eigenvalue weighted by atomic mass is 32.2. The molecule has 0 fully saturated rings. The third kappa shape index (κ3) is 1.94. The smallest absolute Gasteiger partial charge is 0.206 e. The van der Waals surface area contributed by atoms with Crippen LogP contribution in [0.25, 0.3) is 0 Å². The Morgan fingerprint density at radius 3 is 1.50 bits per heavy atom. The minimum absolute atomic E-state index is 0.347. The summed E-state index contributed by atoms with van der Waals surface area (Å²) in [6, 6.07) is 14.1. The standard InChI is InChI=1S/C14H13NO2S/c16-18(17)13-5-1-11(2-6-13)9-15-10-12-3-7-14(18)8-4-12/h1-8,15H,9-10H2. The van der Waals surface area contributed by atoms with Crippen LogP contribution >= 0.6 is 0 Å². The third-order valence-electron chi connectivity index (χ3n) is 3.13. The van der Waals surface area contributed by atoms with Gasteiger partial charge in [-0.05, 0) is 35.4 Å². The molecule has 0 aliphatic carbocycles. The highest BCUT2D eigenvalue weighted by molar-refractivity contribution is 7.91. The van der Waals surface area contributed by atoms with Gasteiger partial charge in [-0.1, -0.05) is 24.3 Å². The zero-order valence-electron chi connectivity index (χ0n) is 9.76. The number of benzene rings is 2. The molecule has 2 aromatic carbocycles. The zero-order valence-corrected chi connectivity index (χ0v) is 10.6. The average molecular weight is 259 g/mol. The Labute approximate surface area is 106 Å². The van der Waals surface area contributed by atoms with Crippen LogP contribution in [0.2, 0.25) is 0 Å². The van der Waals surface area contributed by atoms with Gasteiger partial charge in [0.05, 0.1) is 9.79 Å². The van der Waals surface area contributed by atoms with Crippen molar-refractivity contribution in [2.75, 3.05) is 0 Å². The molecule has 0 saturated carbocycles. The van der Waals surface area contributed by atoms with Crippen molar-refractivity contribution in [2.45, 2.75) is 22.9 Å². The van der Waals surface area contributed by atoms with E-state index in [2.05, 4.69) is 5.32 Å². The predicted molar refractivity (Wildman–Crippen MR) is 68.9 cm³/mol. The molecule has 0 aromatic heterocycles. The Balaban J connectivity index is 2.21. The third-order valence-corrected chi connectivity index (χ3v) is 4.91. The van der Waals surface area contributed by atoms with E-state index in [0.29, 0.717) is 9.79 Å². The normalized spacial score (nSPS) is 17.1. The van der Waals surface area contributed by atoms with Gasteiger partial charge in [0.1, 0.15) is 0 Å². The van der Waals surface area contributed by atoms with E-state index in [-0.39, 0.29) is 0 Å². The van der Waals surface area contributed by atoms with Crippen molar-refractivity contribution in [3.8, 4) is 0 Å². The molecule has 0 atom stereocenters. The SMILES string of the molecule is O=S1(=O)c2ccc(cc2)CNCc2ccc1cc2. The first-order valence-corrected chi connectivity index (χ1v) is 7.28. The summed E-state index contributed by atoms with van der Waals surface area (Å²) >= 11 is 0. The van der Waals surface area contributed by atoms with E-state index in [9.17, 15) is 8.42 Å². The molecule has 1 N–H and O–H groups in total. The van der Waals surface area contributed by atoms with Crippen molar-refractivity contribution in [3.63, 3.8) is 0 Å². The second-order valence-corrected chi connectivity index (χ2v) is 6.34. The van der Waals surface area contributed by atoms with Crippen molar-refractivity contribution in [1.82, 2.24) is 5.32 Å². The Morgan fingerprint density at radius 2 is 1.11 bits per heavy atom. The quantitative estimate of drug-likeness (QED) is 0.788. The summed E-state index contributed by atoms with van der Waals surface area (Å²) in [6.07, 6.45) is 0. The van der Waals surface area contributed by atoms with Crippen molar-refractivity contribution in [2.24, 2.45) is 0 Å². The number of nitrogens with one attached hydrogen (secondary N) is 1. The maximum absolute atomic E-state index is 12.3. The number of sulfone groups is 1. The van der Waals surface area contributed by atoms with Crippen LogP contribution in [-0.2, 0) is 22.9 Å². The fourth-order valence-electron chi connectivity index (χ4n) is 2.06. The Bertz CT molecular complexity index is 604. The van der Waals surface area contributed by atoms with E-state index in [1.54, 1.807) is 24.3 Å². The molecule has 92 valence electrons. The summed E-state index contributed by atoms with van der Waals surface area (Å²) in [5, 5.41) is 3.33. The van der Waals surface area contributed by atoms with Crippen LogP contribution in [-0.4, -0.2) is 8.42 Å². The highest BCUT2D eigenvalue weighted by Gasteiger charge is 2.17. The Hall–Kier alpha value is -1.65. The molecule has 4 bridgehead atoms. The highest BCUT2D eigenvalue weighted by Crippen LogP contribution is 2.22. The van der Waals surface area contributed by atoms with Gasteiger partial charge in [-0.3, -0.25) is 0 Å². The fraction of sp³-hybridized carbons (Fsp3) is 0.143. The van der Waals surface area contributed by atoms with Crippen molar-refractivity contribution in [1.29, 1.82) is 0 Å². The van der Waals surface area contributed by atoms with Gasteiger partial charge in [0.25, 0.3) is 0 Å². The van der Waals surface area contributed by atoms with Crippen LogP contribution in [0.3, 0.4) is 0 Å². The summed E-state index contributed by atoms with van der Waals surface area (Å²) in [7, 11) is -3.38. The van der Waals surface area contributed by atoms with Crippen LogP contribution in [0.1, 0.15) is 11.1 Å². The van der Waals surface area contributed by atoms with E-state index < -0.39 is 9.84 Å². The minimum atomic E-state index is -3.38. The Kier molecular flexibility index (Phi) is 2.69. The molecule has 4 aliphatic rings. The lowest BCUT2D eigenvalue weighted by molar-refractivity contribution is 0.595. The van der Waals surface area contributed by atoms with E-state index >= 15 is 0 Å². The van der Waals surface area contributed by atoms with Gasteiger partial charge in [0.2, 0.25) is 9.84 Å². The predicted octanol–water partition coefficient (Wildman–Crippen LogP) is 2.12. The summed E-state index contributed by atoms with van der Waals surface area (Å²) in [4.78, 5) is 0.694. The van der Waals surface area contributed by atoms with Crippen LogP contribution < -0.4 is 5.32 Å². The van der Waals surface area contributed by atoms with E-state index in [0.717, 1.165) is 24.2 Å². The first-order chi connectivity index (χ1) is 8.66. The molecule has 4 aliphatic heterocycles. The molecule has 0 saturated heterocycles. The van der Waals surface area contributed by atoms with Crippen LogP contribution in [0, 0.1) is 0 Å². The molecule has 2 aromatic rings. The molecule has 18 heavy (non-hydrogen) atoms. The maximum atomic E-state index is 12.3. The van der Waals surface area contributed by atoms with Crippen molar-refractivity contribution < 1.29 is 8.42 Å². The lowest BCUT2D eigenvalue weighted by atomic mass is 10.2. The monoisotopic (exact) mass is 259 g/mol. The molecule has 0 unspecified atom stereocenters. The molecular formula is C14H13NO2S. The van der Waals surface area contributed by atoms with Gasteiger partial charge in [0, 0.05) is 13.1 Å². The van der Waals surface area contributed by atoms with Gasteiger partial charge < -0.3 is 5.32 Å². The summed E-state index contributed by atoms with van der Waals surface area (Å²) < 4.78 is 24.7. The molecule has 6 rings (SSSR count). The first-order valence-electron chi connectivity index (χ1n) is 5.80. The fourth-order valence-corrected chi connectivity index (χ4v) is 3.32. The summed E-state index contributed by atoms with van der Waals surface area (Å²) in [6.45, 7) is 1.48. The largest absolute Gasteiger partial charge is 0.309 e. The van der Waals surface area contributed by atoms with Crippen molar-refractivity contribution in [3.05, 3.63) is 59.7 Å². The molecular weight excluding hydrogens is 246 g/mol. The lowest BCUT2D eigenvalue weighted by Crippen LogP contribution is -2.14. The van der Waals surface area contributed by atoms with E-state index in [1.807, 2.05) is 24.3 Å². The lowest BCUT2D eigenvalue weighted by Gasteiger charge is -2.11. The molecule has 3 nitrogen and oxygen atoms in total. The minimum Gasteiger partial charge on any atom is -0.309 e. The van der Waals surface area contributed by atoms with Gasteiger partial charge in [-0.15, -0.1) is 0 Å². The Morgan fingerprint density at radius 1 is 0.722 bits per heavy atom. The summed E-state index contributed by atoms with van der Waals surface area (Å²) in [5.41, 5.74) is 2.17. The van der Waals surface area contributed by atoms with Gasteiger partial charge >= 0.3 is 0 Å². The van der Waals surface area contributed by atoms with Crippen LogP contribution in [0.15, 0.2) is 58.3 Å². The number of hydrogen-bond donors (Lipinski definition) is 1. The molecule has 0 amide bonds. The maximum Gasteiger partial charge on any atom is 0.206 e. The number of hydrogen-bond acceptors (Lipinski definition) is 3. The average Bonchev–Trinajstić information content (AvgIpc) is 2.39. The zero-order chi connectivity index (χ0) is 12.6. The number of rotatable bonds is 0. The topological polar surface area (TPSA) is 46.2 Å². The second-order valence-electron chi connectivity index (χ2n) is 4.39. The molecule has 0 spiro atoms. The van der Waals surface area contributed by atoms with Crippen LogP contribution in [0.4, 0.5) is 0 Å². The molecule has 4 heterocycles. The van der Waals surface area contributed by atoms with Gasteiger partial charge in [0.15, 0.2) is 0 Å². The van der Waals surface area contributed by atoms with E-state index in [1.165, 1.54) is 0 Å². The van der Waals surface area contributed by atoms with Crippen LogP contribution in [0.5, 0.6) is 0 Å². The first kappa shape index (κ1) is 11.4. The van der Waals surface area contributed by atoms with E-state index in [4.69, 9.17) is 0 Å². The van der Waals surface area contributed by atoms with Crippen molar-refractivity contribution >= 4 is 9.84 Å². The second kappa shape index (κ2) is 4.23. The van der Waals surface area contributed by atoms with Gasteiger partial charge in [-0.25, -0.2) is 8.42 Å². The molecule has 0 radical (unpaired) electrons.